The third-order valence-corrected chi connectivity index (χ3v) is 3.57. The van der Waals surface area contributed by atoms with E-state index in [0.29, 0.717) is 34.5 Å². The maximum atomic E-state index is 9.12. The van der Waals surface area contributed by atoms with Crippen LogP contribution in [0.25, 0.3) is 0 Å². The molecule has 0 bridgehead atoms. The predicted octanol–water partition coefficient (Wildman–Crippen LogP) is 4.24. The number of ether oxygens (including phenoxy) is 1. The van der Waals surface area contributed by atoms with E-state index in [4.69, 9.17) is 45.4 Å². The number of nitrogens with zero attached hydrogens (tertiary/aromatic N) is 1. The fraction of sp³-hybridized carbons (Fsp3) is 0.286. The normalized spacial score (nSPS) is 11.3. The van der Waals surface area contributed by atoms with Gasteiger partial charge in [-0.1, -0.05) is 29.3 Å². The number of hydrogen-bond acceptors (Lipinski definition) is 4. The lowest BCUT2D eigenvalue weighted by molar-refractivity contribution is 0.337. The molecule has 3 nitrogen and oxygen atoms in total. The maximum absolute atomic E-state index is 9.12. The van der Waals surface area contributed by atoms with Crippen LogP contribution in [0.1, 0.15) is 19.4 Å². The summed E-state index contributed by atoms with van der Waals surface area (Å²) in [6, 6.07) is 7.42. The molecular weight excluding hydrogens is 315 g/mol. The Balaban J connectivity index is 2.78. The summed E-state index contributed by atoms with van der Waals surface area (Å²) in [4.78, 5) is 0. The molecule has 0 amide bonds. The fourth-order valence-electron chi connectivity index (χ4n) is 1.46. The summed E-state index contributed by atoms with van der Waals surface area (Å²) in [6.45, 7) is 4.55. The van der Waals surface area contributed by atoms with Gasteiger partial charge in [0.05, 0.1) is 16.7 Å². The highest BCUT2D eigenvalue weighted by Gasteiger charge is 2.09. The van der Waals surface area contributed by atoms with Crippen LogP contribution in [0.3, 0.4) is 0 Å². The Morgan fingerprint density at radius 3 is 2.65 bits per heavy atom. The van der Waals surface area contributed by atoms with Crippen LogP contribution in [0.2, 0.25) is 10.0 Å². The molecule has 0 aliphatic heterocycles. The van der Waals surface area contributed by atoms with E-state index in [-0.39, 0.29) is 5.05 Å². The number of halogens is 2. The molecule has 0 heterocycles. The van der Waals surface area contributed by atoms with Crippen molar-refractivity contribution in [3.05, 3.63) is 45.1 Å². The minimum Gasteiger partial charge on any atom is -0.483 e. The monoisotopic (exact) mass is 328 g/mol. The Labute approximate surface area is 134 Å². The van der Waals surface area contributed by atoms with E-state index < -0.39 is 0 Å². The van der Waals surface area contributed by atoms with Gasteiger partial charge in [-0.15, -0.1) is 0 Å². The number of thiocarbonyl (C=S) groups is 1. The van der Waals surface area contributed by atoms with Gasteiger partial charge < -0.3 is 10.1 Å². The number of hydrogen-bond donors (Lipinski definition) is 1. The molecule has 106 valence electrons. The molecule has 0 spiro atoms. The van der Waals surface area contributed by atoms with Crippen LogP contribution in [0.4, 0.5) is 0 Å². The highest BCUT2D eigenvalue weighted by atomic mass is 35.5. The highest BCUT2D eigenvalue weighted by molar-refractivity contribution is 7.80. The first kappa shape index (κ1) is 16.8. The van der Waals surface area contributed by atoms with Crippen LogP contribution in [-0.2, 0) is 11.3 Å². The van der Waals surface area contributed by atoms with Crippen molar-refractivity contribution >= 4 is 40.5 Å². The standard InChI is InChI=1S/C14H14Cl2N2OS/c1-3-19-14(20)11(7-17)9(2)18-8-10-4-5-12(15)13(16)6-10/h4-6,18H,3,8H2,1-2H3. The van der Waals surface area contributed by atoms with Crippen molar-refractivity contribution in [3.63, 3.8) is 0 Å². The second-order valence-electron chi connectivity index (χ2n) is 3.93. The van der Waals surface area contributed by atoms with Gasteiger partial charge in [-0.05, 0) is 43.8 Å². The summed E-state index contributed by atoms with van der Waals surface area (Å²) in [7, 11) is 0. The van der Waals surface area contributed by atoms with Crippen molar-refractivity contribution < 1.29 is 4.74 Å². The predicted molar refractivity (Wildman–Crippen MR) is 85.8 cm³/mol. The van der Waals surface area contributed by atoms with E-state index >= 15 is 0 Å². The van der Waals surface area contributed by atoms with Crippen LogP contribution in [0, 0.1) is 11.3 Å². The van der Waals surface area contributed by atoms with Gasteiger partial charge in [0.1, 0.15) is 11.6 Å². The molecule has 0 atom stereocenters. The van der Waals surface area contributed by atoms with Crippen LogP contribution >= 0.6 is 35.4 Å². The van der Waals surface area contributed by atoms with Crippen molar-refractivity contribution in [3.8, 4) is 6.07 Å². The second kappa shape index (κ2) is 8.11. The first-order chi connectivity index (χ1) is 9.49. The van der Waals surface area contributed by atoms with Crippen LogP contribution in [-0.4, -0.2) is 11.7 Å². The van der Waals surface area contributed by atoms with E-state index in [1.165, 1.54) is 0 Å². The first-order valence-corrected chi connectivity index (χ1v) is 7.11. The minimum atomic E-state index is 0.203. The van der Waals surface area contributed by atoms with Gasteiger partial charge in [0.25, 0.3) is 0 Å². The number of rotatable bonds is 5. The van der Waals surface area contributed by atoms with Crippen LogP contribution in [0.15, 0.2) is 29.5 Å². The SMILES string of the molecule is CCOC(=S)C(C#N)=C(C)NCc1ccc(Cl)c(Cl)c1. The Morgan fingerprint density at radius 1 is 1.40 bits per heavy atom. The van der Waals surface area contributed by atoms with Gasteiger partial charge in [-0.25, -0.2) is 0 Å². The van der Waals surface area contributed by atoms with Crippen molar-refractivity contribution in [2.75, 3.05) is 6.61 Å². The summed E-state index contributed by atoms with van der Waals surface area (Å²) in [5.41, 5.74) is 1.96. The zero-order chi connectivity index (χ0) is 15.1. The Kier molecular flexibility index (Phi) is 6.80. The smallest absolute Gasteiger partial charge is 0.203 e. The van der Waals surface area contributed by atoms with Gasteiger partial charge in [0, 0.05) is 12.2 Å². The molecule has 1 rings (SSSR count). The average molecular weight is 329 g/mol. The summed E-state index contributed by atoms with van der Waals surface area (Å²) >= 11 is 16.8. The van der Waals surface area contributed by atoms with Gasteiger partial charge in [-0.2, -0.15) is 5.26 Å². The zero-order valence-electron chi connectivity index (χ0n) is 11.2. The third kappa shape index (κ3) is 4.68. The zero-order valence-corrected chi connectivity index (χ0v) is 13.5. The average Bonchev–Trinajstić information content (AvgIpc) is 2.41. The Morgan fingerprint density at radius 2 is 2.10 bits per heavy atom. The van der Waals surface area contributed by atoms with E-state index in [1.807, 2.05) is 19.1 Å². The van der Waals surface area contributed by atoms with E-state index in [9.17, 15) is 0 Å². The quantitative estimate of drug-likeness (QED) is 0.498. The van der Waals surface area contributed by atoms with E-state index in [1.54, 1.807) is 19.1 Å². The van der Waals surface area contributed by atoms with Crippen molar-refractivity contribution in [2.24, 2.45) is 0 Å². The fourth-order valence-corrected chi connectivity index (χ4v) is 2.10. The highest BCUT2D eigenvalue weighted by Crippen LogP contribution is 2.22. The lowest BCUT2D eigenvalue weighted by Crippen LogP contribution is -2.16. The molecule has 0 radical (unpaired) electrons. The Hall–Kier alpha value is -1.28. The summed E-state index contributed by atoms with van der Waals surface area (Å²) in [5, 5.41) is 13.5. The molecule has 0 unspecified atom stereocenters. The molecule has 0 aliphatic carbocycles. The van der Waals surface area contributed by atoms with Gasteiger partial charge in [0.2, 0.25) is 5.05 Å². The summed E-state index contributed by atoms with van der Waals surface area (Å²) in [6.07, 6.45) is 0. The lowest BCUT2D eigenvalue weighted by atomic mass is 10.2. The summed E-state index contributed by atoms with van der Waals surface area (Å²) in [5.74, 6) is 0. The Bertz CT molecular complexity index is 579. The minimum absolute atomic E-state index is 0.203. The molecule has 0 aromatic heterocycles. The van der Waals surface area contributed by atoms with E-state index in [2.05, 4.69) is 5.32 Å². The van der Waals surface area contributed by atoms with Crippen molar-refractivity contribution in [1.82, 2.24) is 5.32 Å². The van der Waals surface area contributed by atoms with Crippen molar-refractivity contribution in [1.29, 1.82) is 5.26 Å². The first-order valence-electron chi connectivity index (χ1n) is 5.95. The maximum Gasteiger partial charge on any atom is 0.203 e. The number of benzene rings is 1. The van der Waals surface area contributed by atoms with Crippen LogP contribution in [0.5, 0.6) is 0 Å². The van der Waals surface area contributed by atoms with Gasteiger partial charge in [0.15, 0.2) is 0 Å². The van der Waals surface area contributed by atoms with Crippen LogP contribution < -0.4 is 5.32 Å². The molecule has 0 saturated heterocycles. The second-order valence-corrected chi connectivity index (χ2v) is 5.12. The third-order valence-electron chi connectivity index (χ3n) is 2.51. The molecule has 6 heteroatoms. The lowest BCUT2D eigenvalue weighted by Gasteiger charge is -2.11. The molecule has 1 aromatic carbocycles. The number of nitriles is 1. The molecule has 1 N–H and O–H groups in total. The topological polar surface area (TPSA) is 45.0 Å². The largest absolute Gasteiger partial charge is 0.483 e. The van der Waals surface area contributed by atoms with Gasteiger partial charge >= 0.3 is 0 Å². The molecule has 1 aromatic rings. The number of nitrogens with one attached hydrogen (secondary N) is 1. The molecule has 0 fully saturated rings. The molecular formula is C14H14Cl2N2OS. The van der Waals surface area contributed by atoms with E-state index in [0.717, 1.165) is 5.56 Å². The number of allylic oxidation sites excluding steroid dienone is 1. The van der Waals surface area contributed by atoms with Crippen molar-refractivity contribution in [2.45, 2.75) is 20.4 Å². The molecule has 0 saturated carbocycles. The van der Waals surface area contributed by atoms with Gasteiger partial charge in [-0.3, -0.25) is 0 Å². The molecule has 20 heavy (non-hydrogen) atoms. The summed E-state index contributed by atoms with van der Waals surface area (Å²) < 4.78 is 5.18. The molecule has 0 aliphatic rings.